The lowest BCUT2D eigenvalue weighted by atomic mass is 9.64. The molecule has 0 amide bonds. The first kappa shape index (κ1) is 12.4. The van der Waals surface area contributed by atoms with Crippen LogP contribution in [0.4, 0.5) is 5.69 Å². The van der Waals surface area contributed by atoms with Crippen LogP contribution in [0.1, 0.15) is 24.8 Å². The molecule has 1 aliphatic rings. The molecule has 0 saturated heterocycles. The number of rotatable bonds is 3. The van der Waals surface area contributed by atoms with Crippen molar-refractivity contribution in [3.8, 4) is 0 Å². The molecule has 0 atom stereocenters. The van der Waals surface area contributed by atoms with Crippen molar-refractivity contribution >= 4 is 15.5 Å². The van der Waals surface area contributed by atoms with Crippen LogP contribution in [0, 0.1) is 0 Å². The van der Waals surface area contributed by atoms with E-state index < -0.39 is 9.84 Å². The van der Waals surface area contributed by atoms with E-state index >= 15 is 0 Å². The van der Waals surface area contributed by atoms with Crippen LogP contribution >= 0.6 is 0 Å². The molecule has 94 valence electrons. The fraction of sp³-hybridized carbons (Fsp3) is 0.500. The third-order valence-electron chi connectivity index (χ3n) is 3.73. The molecular weight excluding hydrogens is 236 g/mol. The molecule has 4 N–H and O–H groups in total. The van der Waals surface area contributed by atoms with Gasteiger partial charge in [0.25, 0.3) is 0 Å². The number of sulfone groups is 1. The summed E-state index contributed by atoms with van der Waals surface area (Å²) in [5.74, 6) is 0. The maximum atomic E-state index is 11.6. The second kappa shape index (κ2) is 3.99. The van der Waals surface area contributed by atoms with Crippen LogP contribution in [0.5, 0.6) is 0 Å². The van der Waals surface area contributed by atoms with Crippen molar-refractivity contribution in [2.24, 2.45) is 5.73 Å². The molecule has 0 heterocycles. The summed E-state index contributed by atoms with van der Waals surface area (Å²) < 4.78 is 23.2. The third-order valence-corrected chi connectivity index (χ3v) is 4.88. The molecule has 1 saturated carbocycles. The van der Waals surface area contributed by atoms with Gasteiger partial charge in [0.2, 0.25) is 0 Å². The first-order chi connectivity index (χ1) is 7.89. The van der Waals surface area contributed by atoms with Crippen LogP contribution in [0.25, 0.3) is 0 Å². The summed E-state index contributed by atoms with van der Waals surface area (Å²) in [6.07, 6.45) is 4.38. The van der Waals surface area contributed by atoms with E-state index in [0.29, 0.717) is 12.2 Å². The molecule has 0 bridgehead atoms. The molecule has 0 unspecified atom stereocenters. The Balaban J connectivity index is 2.52. The van der Waals surface area contributed by atoms with Crippen molar-refractivity contribution in [1.29, 1.82) is 0 Å². The topological polar surface area (TPSA) is 86.2 Å². The number of hydrogen-bond donors (Lipinski definition) is 2. The lowest BCUT2D eigenvalue weighted by Gasteiger charge is -2.41. The van der Waals surface area contributed by atoms with E-state index in [9.17, 15) is 8.42 Å². The Morgan fingerprint density at radius 2 is 2.00 bits per heavy atom. The van der Waals surface area contributed by atoms with Crippen molar-refractivity contribution < 1.29 is 8.42 Å². The van der Waals surface area contributed by atoms with E-state index in [0.717, 1.165) is 24.8 Å². The first-order valence-electron chi connectivity index (χ1n) is 5.69. The molecule has 0 spiro atoms. The Kier molecular flexibility index (Phi) is 2.91. The average molecular weight is 254 g/mol. The smallest absolute Gasteiger partial charge is 0.177 e. The van der Waals surface area contributed by atoms with Crippen LogP contribution in [-0.4, -0.2) is 21.2 Å². The van der Waals surface area contributed by atoms with Gasteiger partial charge in [-0.05, 0) is 30.5 Å². The summed E-state index contributed by atoms with van der Waals surface area (Å²) in [5, 5.41) is 0. The Hall–Kier alpha value is -1.07. The van der Waals surface area contributed by atoms with Crippen molar-refractivity contribution in [3.63, 3.8) is 0 Å². The quantitative estimate of drug-likeness (QED) is 0.789. The molecular formula is C12H18N2O2S. The molecule has 1 fully saturated rings. The molecule has 1 aliphatic carbocycles. The van der Waals surface area contributed by atoms with Gasteiger partial charge in [0, 0.05) is 18.2 Å². The molecule has 1 aromatic carbocycles. The predicted octanol–water partition coefficient (Wildman–Crippen LogP) is 1.05. The number of anilines is 1. The molecule has 2 rings (SSSR count). The molecule has 5 heteroatoms. The average Bonchev–Trinajstić information content (AvgIpc) is 2.17. The van der Waals surface area contributed by atoms with Gasteiger partial charge in [-0.2, -0.15) is 0 Å². The Morgan fingerprint density at radius 1 is 1.35 bits per heavy atom. The molecule has 1 aromatic rings. The summed E-state index contributed by atoms with van der Waals surface area (Å²) in [5.41, 5.74) is 12.8. The third kappa shape index (κ3) is 2.05. The van der Waals surface area contributed by atoms with Gasteiger partial charge in [-0.1, -0.05) is 12.5 Å². The van der Waals surface area contributed by atoms with E-state index in [1.807, 2.05) is 6.07 Å². The lowest BCUT2D eigenvalue weighted by molar-refractivity contribution is 0.252. The van der Waals surface area contributed by atoms with Crippen LogP contribution in [0.2, 0.25) is 0 Å². The minimum absolute atomic E-state index is 0.0346. The van der Waals surface area contributed by atoms with Crippen molar-refractivity contribution in [2.45, 2.75) is 29.6 Å². The van der Waals surface area contributed by atoms with Gasteiger partial charge >= 0.3 is 0 Å². The van der Waals surface area contributed by atoms with Crippen LogP contribution in [0.15, 0.2) is 23.1 Å². The minimum atomic E-state index is -3.27. The van der Waals surface area contributed by atoms with Crippen molar-refractivity contribution in [1.82, 2.24) is 0 Å². The maximum Gasteiger partial charge on any atom is 0.177 e. The van der Waals surface area contributed by atoms with Gasteiger partial charge in [0.1, 0.15) is 0 Å². The highest BCUT2D eigenvalue weighted by molar-refractivity contribution is 7.90. The van der Waals surface area contributed by atoms with Crippen LogP contribution in [-0.2, 0) is 15.3 Å². The number of nitrogens with two attached hydrogens (primary N) is 2. The normalized spacial score (nSPS) is 18.7. The fourth-order valence-electron chi connectivity index (χ4n) is 2.40. The molecule has 4 nitrogen and oxygen atoms in total. The predicted molar refractivity (Wildman–Crippen MR) is 68.5 cm³/mol. The van der Waals surface area contributed by atoms with Crippen LogP contribution < -0.4 is 11.5 Å². The minimum Gasteiger partial charge on any atom is -0.398 e. The van der Waals surface area contributed by atoms with Gasteiger partial charge in [-0.25, -0.2) is 8.42 Å². The highest BCUT2D eigenvalue weighted by Gasteiger charge is 2.37. The van der Waals surface area contributed by atoms with E-state index in [1.165, 1.54) is 6.26 Å². The lowest BCUT2D eigenvalue weighted by Crippen LogP contribution is -2.41. The maximum absolute atomic E-state index is 11.6. The molecule has 0 aliphatic heterocycles. The van der Waals surface area contributed by atoms with Gasteiger partial charge in [0.15, 0.2) is 9.84 Å². The molecule has 17 heavy (non-hydrogen) atoms. The Bertz CT molecular complexity index is 528. The number of hydrogen-bond acceptors (Lipinski definition) is 4. The molecule has 0 radical (unpaired) electrons. The number of benzene rings is 1. The second-order valence-corrected chi connectivity index (χ2v) is 6.85. The van der Waals surface area contributed by atoms with Crippen LogP contribution in [0.3, 0.4) is 0 Å². The zero-order chi connectivity index (χ0) is 12.7. The zero-order valence-corrected chi connectivity index (χ0v) is 10.8. The van der Waals surface area contributed by atoms with E-state index in [1.54, 1.807) is 12.1 Å². The largest absolute Gasteiger partial charge is 0.398 e. The monoisotopic (exact) mass is 254 g/mol. The highest BCUT2D eigenvalue weighted by Crippen LogP contribution is 2.43. The fourth-order valence-corrected chi connectivity index (χ4v) is 3.24. The van der Waals surface area contributed by atoms with Gasteiger partial charge in [-0.3, -0.25) is 0 Å². The summed E-state index contributed by atoms with van der Waals surface area (Å²) in [4.78, 5) is 0.217. The van der Waals surface area contributed by atoms with Gasteiger partial charge in [0.05, 0.1) is 10.6 Å². The van der Waals surface area contributed by atoms with Gasteiger partial charge < -0.3 is 11.5 Å². The van der Waals surface area contributed by atoms with Crippen molar-refractivity contribution in [3.05, 3.63) is 23.8 Å². The first-order valence-corrected chi connectivity index (χ1v) is 7.58. The van der Waals surface area contributed by atoms with E-state index in [4.69, 9.17) is 11.5 Å². The zero-order valence-electron chi connectivity index (χ0n) is 9.94. The van der Waals surface area contributed by atoms with E-state index in [-0.39, 0.29) is 10.3 Å². The Morgan fingerprint density at radius 3 is 2.41 bits per heavy atom. The van der Waals surface area contributed by atoms with E-state index in [2.05, 4.69) is 0 Å². The Labute approximate surface area is 102 Å². The highest BCUT2D eigenvalue weighted by atomic mass is 32.2. The van der Waals surface area contributed by atoms with Gasteiger partial charge in [-0.15, -0.1) is 0 Å². The molecule has 0 aromatic heterocycles. The SMILES string of the molecule is CS(=O)(=O)c1cc(C2(CN)CCC2)ccc1N. The number of nitrogen functional groups attached to an aromatic ring is 1. The second-order valence-electron chi connectivity index (χ2n) is 4.86. The summed E-state index contributed by atoms with van der Waals surface area (Å²) >= 11 is 0. The summed E-state index contributed by atoms with van der Waals surface area (Å²) in [6, 6.07) is 5.26. The standard InChI is InChI=1S/C12H18N2O2S/c1-17(15,16)11-7-9(3-4-10(11)14)12(8-13)5-2-6-12/h3-4,7H,2,5-6,8,13-14H2,1H3. The van der Waals surface area contributed by atoms with Crippen molar-refractivity contribution in [2.75, 3.05) is 18.5 Å². The summed E-state index contributed by atoms with van der Waals surface area (Å²) in [6.45, 7) is 0.556. The summed E-state index contributed by atoms with van der Waals surface area (Å²) in [7, 11) is -3.27.